The van der Waals surface area contributed by atoms with Gasteiger partial charge in [-0.25, -0.2) is 24.0 Å². The van der Waals surface area contributed by atoms with E-state index in [1.165, 1.54) is 56.7 Å². The average Bonchev–Trinajstić information content (AvgIpc) is 1.66. The lowest BCUT2D eigenvalue weighted by molar-refractivity contribution is 0.297. The summed E-state index contributed by atoms with van der Waals surface area (Å²) in [6.07, 6.45) is -0.220. The maximum absolute atomic E-state index is 12.2. The summed E-state index contributed by atoms with van der Waals surface area (Å²) in [5, 5.41) is 14.7. The molecule has 0 aliphatic rings. The fraction of sp³-hybridized carbons (Fsp3) is 0.0526. The molecule has 3 N–H and O–H groups in total. The zero-order valence-electron chi connectivity index (χ0n) is 66.6. The van der Waals surface area contributed by atoms with Gasteiger partial charge in [-0.05, 0) is 174 Å². The van der Waals surface area contributed by atoms with E-state index in [-0.39, 0.29) is 30.2 Å². The second-order valence-electron chi connectivity index (χ2n) is 26.8. The Kier molecular flexibility index (Phi) is 25.8. The lowest BCUT2D eigenvalue weighted by atomic mass is 10.3. The van der Waals surface area contributed by atoms with Crippen LogP contribution in [0.2, 0.25) is 0 Å². The van der Waals surface area contributed by atoms with E-state index in [1.807, 2.05) is 283 Å². The van der Waals surface area contributed by atoms with Crippen LogP contribution in [0.15, 0.2) is 348 Å². The van der Waals surface area contributed by atoms with E-state index >= 15 is 0 Å². The second kappa shape index (κ2) is 38.9. The quantitative estimate of drug-likeness (QED) is 0.0638. The van der Waals surface area contributed by atoms with E-state index in [1.54, 1.807) is 53.9 Å². The molecule has 0 saturated carbocycles. The molecule has 0 bridgehead atoms. The van der Waals surface area contributed by atoms with Gasteiger partial charge >= 0.3 is 58.3 Å². The number of aromatic nitrogens is 5. The highest BCUT2D eigenvalue weighted by Gasteiger charge is 2.20. The first-order valence-electron chi connectivity index (χ1n) is 38.3. The van der Waals surface area contributed by atoms with Gasteiger partial charge in [0.25, 0.3) is 0 Å². The van der Waals surface area contributed by atoms with Crippen molar-refractivity contribution in [3.05, 3.63) is 378 Å². The standard InChI is InChI=1S/3C19H14N2O3S.2C19H13NO4S/c1-12-17-14(11-25-12)18(22)24-19(21-17)20-15-9-5-6-10-16(15)23-13-7-3-2-4-8-13;1-12-17-15(11-25-12)21-19(24-18(17)22)20-14-9-5-6-10-16(14)23-13-7-3-2-4-8-13;1-12-11-14-17(25-12)21-19(24-18(14)22)20-15-9-5-6-10-16(15)23-13-7-3-2-4-8-13;1-12-11-14-17(25-12)18(21)24-19(20-14)23-16-10-6-5-9-15(16)22-13-7-3-2-4-8-13;1-12-11-14-17(25-12)20-19(24-18(14)21)23-16-10-6-5-9-15(16)22-13-7-3-2-4-8-13/h3*2-11H,1H3,(H,20,21);2*2-11H,1H3. The first kappa shape index (κ1) is 83.1. The highest BCUT2D eigenvalue weighted by atomic mass is 32.1. The number of rotatable bonds is 20. The van der Waals surface area contributed by atoms with Crippen molar-refractivity contribution < 1.29 is 55.2 Å². The molecule has 10 aromatic heterocycles. The number of anilines is 6. The fourth-order valence-corrected chi connectivity index (χ4v) is 16.1. The number of aryl methyl sites for hydroxylation is 5. The van der Waals surface area contributed by atoms with Gasteiger partial charge in [0, 0.05) is 35.1 Å². The van der Waals surface area contributed by atoms with Crippen molar-refractivity contribution in [1.82, 2.24) is 24.9 Å². The highest BCUT2D eigenvalue weighted by molar-refractivity contribution is 7.19. The van der Waals surface area contributed by atoms with Gasteiger partial charge in [0.2, 0.25) is 0 Å². The van der Waals surface area contributed by atoms with Gasteiger partial charge in [0.15, 0.2) is 40.2 Å². The summed E-state index contributed by atoms with van der Waals surface area (Å²) in [5.41, 5.74) is 1.70. The first-order valence-corrected chi connectivity index (χ1v) is 42.5. The second-order valence-corrected chi connectivity index (χ2v) is 32.7. The maximum Gasteiger partial charge on any atom is 0.403 e. The SMILES string of the molecule is Cc1cc2c(=O)oc(Nc3ccccc3Oc3ccccc3)nc2s1.Cc1cc2c(=O)oc(Oc3ccccc3Oc3ccccc3)nc2s1.Cc1cc2nc(Oc3ccccc3Oc3ccccc3)oc(=O)c2s1.Cc1scc2c(=O)oc(Nc3ccccc3Oc3ccccc3)nc12.Cc1scc2nc(Nc3ccccc3Oc3ccccc3)oc(=O)c12. The minimum Gasteiger partial charge on any atom is -0.455 e. The van der Waals surface area contributed by atoms with E-state index in [4.69, 9.17) is 55.2 Å². The Morgan fingerprint density at radius 2 is 0.616 bits per heavy atom. The van der Waals surface area contributed by atoms with Crippen LogP contribution in [0.3, 0.4) is 0 Å². The van der Waals surface area contributed by atoms with Crippen molar-refractivity contribution in [3.8, 4) is 81.1 Å². The lowest BCUT2D eigenvalue weighted by Gasteiger charge is -2.11. The largest absolute Gasteiger partial charge is 0.455 e. The van der Waals surface area contributed by atoms with Crippen LogP contribution in [0.25, 0.3) is 52.5 Å². The molecule has 30 heteroatoms. The predicted octanol–water partition coefficient (Wildman–Crippen LogP) is 25.6. The van der Waals surface area contributed by atoms with Crippen LogP contribution in [0.1, 0.15) is 24.4 Å². The molecule has 620 valence electrons. The molecule has 0 amide bonds. The normalized spacial score (nSPS) is 10.8. The number of hydrogen-bond donors (Lipinski definition) is 3. The molecule has 20 rings (SSSR count). The molecule has 0 radical (unpaired) electrons. The zero-order valence-corrected chi connectivity index (χ0v) is 70.7. The van der Waals surface area contributed by atoms with Gasteiger partial charge in [-0.1, -0.05) is 152 Å². The molecular weight excluding hydrogens is 1690 g/mol. The molecule has 10 heterocycles. The van der Waals surface area contributed by atoms with Crippen LogP contribution in [0.4, 0.5) is 35.1 Å². The highest BCUT2D eigenvalue weighted by Crippen LogP contribution is 2.40. The number of nitrogens with zero attached hydrogens (tertiary/aromatic N) is 5. The van der Waals surface area contributed by atoms with E-state index in [9.17, 15) is 24.0 Å². The topological polar surface area (TPSA) is 316 Å². The molecule has 0 saturated heterocycles. The summed E-state index contributed by atoms with van der Waals surface area (Å²) in [4.78, 5) is 88.3. The van der Waals surface area contributed by atoms with Crippen LogP contribution in [-0.4, -0.2) is 24.9 Å². The minimum atomic E-state index is -0.467. The molecule has 10 aromatic carbocycles. The Morgan fingerprint density at radius 3 is 1.07 bits per heavy atom. The molecule has 0 spiro atoms. The Labute approximate surface area is 729 Å². The van der Waals surface area contributed by atoms with Gasteiger partial charge in [0.05, 0.1) is 55.2 Å². The van der Waals surface area contributed by atoms with Gasteiger partial charge < -0.3 is 71.2 Å². The fourth-order valence-electron chi connectivity index (χ4n) is 12.1. The van der Waals surface area contributed by atoms with Crippen molar-refractivity contribution in [2.24, 2.45) is 0 Å². The summed E-state index contributed by atoms with van der Waals surface area (Å²) in [6.45, 7) is 9.56. The number of thiophene rings is 5. The third kappa shape index (κ3) is 21.1. The van der Waals surface area contributed by atoms with Crippen LogP contribution >= 0.6 is 56.7 Å². The third-order valence-corrected chi connectivity index (χ3v) is 22.5. The van der Waals surface area contributed by atoms with Crippen molar-refractivity contribution >= 4 is 144 Å². The van der Waals surface area contributed by atoms with E-state index in [0.717, 1.165) is 41.6 Å². The van der Waals surface area contributed by atoms with E-state index in [0.29, 0.717) is 121 Å². The van der Waals surface area contributed by atoms with Gasteiger partial charge in [0.1, 0.15) is 43.1 Å². The first-order chi connectivity index (χ1) is 61.0. The number of para-hydroxylation sites is 15. The third-order valence-electron chi connectivity index (χ3n) is 17.8. The summed E-state index contributed by atoms with van der Waals surface area (Å²) < 4.78 is 67.4. The molecule has 0 atom stereocenters. The molecule has 0 aliphatic heterocycles. The van der Waals surface area contributed by atoms with Crippen molar-refractivity contribution in [1.29, 1.82) is 0 Å². The summed E-state index contributed by atoms with van der Waals surface area (Å²) >= 11 is 7.17. The van der Waals surface area contributed by atoms with Crippen LogP contribution in [0, 0.1) is 34.6 Å². The smallest absolute Gasteiger partial charge is 0.403 e. The Bertz CT molecular complexity index is 6880. The average molecular weight is 1750 g/mol. The number of nitrogens with one attached hydrogen (secondary N) is 3. The molecule has 0 unspecified atom stereocenters. The number of fused-ring (bicyclic) bond motifs is 5. The molecule has 0 aliphatic carbocycles. The molecule has 125 heavy (non-hydrogen) atoms. The summed E-state index contributed by atoms with van der Waals surface area (Å²) in [5.74, 6) is 7.17. The van der Waals surface area contributed by atoms with Gasteiger partial charge in [-0.3, -0.25) is 0 Å². The molecule has 25 nitrogen and oxygen atoms in total. The summed E-state index contributed by atoms with van der Waals surface area (Å²) in [7, 11) is 0. The van der Waals surface area contributed by atoms with Crippen LogP contribution < -0.4 is 77.2 Å². The number of hydrogen-bond acceptors (Lipinski definition) is 30. The minimum absolute atomic E-state index is 0.108. The van der Waals surface area contributed by atoms with Crippen molar-refractivity contribution in [2.75, 3.05) is 16.0 Å². The Balaban J connectivity index is 0.000000115. The van der Waals surface area contributed by atoms with E-state index < -0.39 is 28.1 Å². The Hall–Kier alpha value is -15.6. The van der Waals surface area contributed by atoms with Crippen LogP contribution in [-0.2, 0) is 0 Å². The lowest BCUT2D eigenvalue weighted by Crippen LogP contribution is -2.05. The molecular formula is C95H68N8O17S5. The van der Waals surface area contributed by atoms with Crippen molar-refractivity contribution in [2.45, 2.75) is 34.6 Å². The number of benzene rings is 10. The monoisotopic (exact) mass is 1750 g/mol. The van der Waals surface area contributed by atoms with Gasteiger partial charge in [-0.15, -0.1) is 56.7 Å². The van der Waals surface area contributed by atoms with Crippen LogP contribution in [0.5, 0.6) is 81.1 Å². The van der Waals surface area contributed by atoms with Gasteiger partial charge in [-0.2, -0.15) is 24.9 Å². The van der Waals surface area contributed by atoms with Crippen molar-refractivity contribution in [3.63, 3.8) is 0 Å². The number of ether oxygens (including phenoxy) is 7. The zero-order chi connectivity index (χ0) is 86.1. The predicted molar refractivity (Wildman–Crippen MR) is 489 cm³/mol. The maximum atomic E-state index is 12.2. The summed E-state index contributed by atoms with van der Waals surface area (Å²) in [6, 6.07) is 89.4. The Morgan fingerprint density at radius 1 is 0.280 bits per heavy atom. The van der Waals surface area contributed by atoms with E-state index in [2.05, 4.69) is 40.9 Å². The molecule has 20 aromatic rings. The molecule has 0 fully saturated rings.